The van der Waals surface area contributed by atoms with Gasteiger partial charge in [0.2, 0.25) is 0 Å². The fourth-order valence-electron chi connectivity index (χ4n) is 0.975. The summed E-state index contributed by atoms with van der Waals surface area (Å²) in [5, 5.41) is 10.4. The van der Waals surface area contributed by atoms with Crippen LogP contribution in [0.5, 0.6) is 0 Å². The lowest BCUT2D eigenvalue weighted by Gasteiger charge is -2.08. The molecule has 0 amide bonds. The van der Waals surface area contributed by atoms with E-state index in [-0.39, 0.29) is 11.8 Å². The minimum absolute atomic E-state index is 0.0585. The Balaban J connectivity index is 2.98. The number of rotatable bonds is 3. The number of hydrogen-bond donors (Lipinski definition) is 0. The second-order valence-electron chi connectivity index (χ2n) is 2.58. The molecule has 1 aromatic carbocycles. The molecule has 13 heavy (non-hydrogen) atoms. The lowest BCUT2D eigenvalue weighted by atomic mass is 10.1. The van der Waals surface area contributed by atoms with Gasteiger partial charge < -0.3 is 4.74 Å². The van der Waals surface area contributed by atoms with Gasteiger partial charge in [0.1, 0.15) is 0 Å². The Hall–Kier alpha value is -1.42. The van der Waals surface area contributed by atoms with Crippen LogP contribution in [0, 0.1) is 17.0 Å². The summed E-state index contributed by atoms with van der Waals surface area (Å²) >= 11 is 0. The highest BCUT2D eigenvalue weighted by Gasteiger charge is 2.09. The van der Waals surface area contributed by atoms with Gasteiger partial charge >= 0.3 is 0 Å². The largest absolute Gasteiger partial charge is 0.377 e. The highest BCUT2D eigenvalue weighted by molar-refractivity contribution is 5.35. The van der Waals surface area contributed by atoms with Crippen molar-refractivity contribution in [2.24, 2.45) is 0 Å². The number of methoxy groups -OCH3 is 1. The van der Waals surface area contributed by atoms with Gasteiger partial charge in [0.25, 0.3) is 5.69 Å². The number of nitro benzene ring substituents is 1. The SMILES string of the molecule is [CH2]C(OC)c1cccc([N+](=O)[O-])c1. The minimum Gasteiger partial charge on any atom is -0.377 e. The first kappa shape index (κ1) is 9.67. The summed E-state index contributed by atoms with van der Waals surface area (Å²) in [6.45, 7) is 3.68. The zero-order chi connectivity index (χ0) is 9.84. The molecule has 0 saturated carbocycles. The highest BCUT2D eigenvalue weighted by Crippen LogP contribution is 2.20. The van der Waals surface area contributed by atoms with Crippen molar-refractivity contribution in [3.05, 3.63) is 46.9 Å². The summed E-state index contributed by atoms with van der Waals surface area (Å²) in [5.74, 6) is 0. The van der Waals surface area contributed by atoms with Crippen molar-refractivity contribution >= 4 is 5.69 Å². The fourth-order valence-corrected chi connectivity index (χ4v) is 0.975. The monoisotopic (exact) mass is 180 g/mol. The highest BCUT2D eigenvalue weighted by atomic mass is 16.6. The molecular weight excluding hydrogens is 170 g/mol. The van der Waals surface area contributed by atoms with Crippen LogP contribution < -0.4 is 0 Å². The summed E-state index contributed by atoms with van der Waals surface area (Å²) in [6.07, 6.45) is -0.361. The molecule has 1 unspecified atom stereocenters. The number of non-ortho nitro benzene ring substituents is 1. The van der Waals surface area contributed by atoms with Crippen molar-refractivity contribution in [2.45, 2.75) is 6.10 Å². The van der Waals surface area contributed by atoms with E-state index in [0.29, 0.717) is 5.56 Å². The maximum Gasteiger partial charge on any atom is 0.269 e. The standard InChI is InChI=1S/C9H10NO3/c1-7(13-2)8-4-3-5-9(6-8)10(11)12/h3-7H,1H2,2H3. The second-order valence-corrected chi connectivity index (χ2v) is 2.58. The molecular formula is C9H10NO3. The van der Waals surface area contributed by atoms with E-state index in [1.165, 1.54) is 19.2 Å². The molecule has 0 N–H and O–H groups in total. The zero-order valence-corrected chi connectivity index (χ0v) is 7.27. The smallest absolute Gasteiger partial charge is 0.269 e. The van der Waals surface area contributed by atoms with E-state index in [1.54, 1.807) is 12.1 Å². The molecule has 4 heteroatoms. The number of ether oxygens (including phenoxy) is 1. The van der Waals surface area contributed by atoms with Crippen LogP contribution in [-0.2, 0) is 4.74 Å². The van der Waals surface area contributed by atoms with Crippen LogP contribution in [-0.4, -0.2) is 12.0 Å². The van der Waals surface area contributed by atoms with Gasteiger partial charge in [-0.3, -0.25) is 10.1 Å². The average molecular weight is 180 g/mol. The Bertz CT molecular complexity index is 311. The fraction of sp³-hybridized carbons (Fsp3) is 0.222. The molecule has 1 aromatic rings. The van der Waals surface area contributed by atoms with Gasteiger partial charge in [-0.25, -0.2) is 0 Å². The molecule has 0 bridgehead atoms. The molecule has 0 aliphatic heterocycles. The van der Waals surface area contributed by atoms with Crippen LogP contribution in [0.4, 0.5) is 5.69 Å². The van der Waals surface area contributed by atoms with Crippen molar-refractivity contribution in [3.8, 4) is 0 Å². The van der Waals surface area contributed by atoms with Crippen molar-refractivity contribution < 1.29 is 9.66 Å². The van der Waals surface area contributed by atoms with Gasteiger partial charge in [0, 0.05) is 19.2 Å². The number of benzene rings is 1. The molecule has 0 saturated heterocycles. The first-order chi connectivity index (χ1) is 6.15. The number of nitro groups is 1. The summed E-state index contributed by atoms with van der Waals surface area (Å²) < 4.78 is 4.94. The normalized spacial score (nSPS) is 12.5. The van der Waals surface area contributed by atoms with Crippen LogP contribution in [0.25, 0.3) is 0 Å². The van der Waals surface area contributed by atoms with Crippen molar-refractivity contribution in [1.29, 1.82) is 0 Å². The number of nitrogens with zero attached hydrogens (tertiary/aromatic N) is 1. The van der Waals surface area contributed by atoms with E-state index in [4.69, 9.17) is 4.74 Å². The second kappa shape index (κ2) is 4.00. The maximum absolute atomic E-state index is 10.4. The summed E-state index contributed by atoms with van der Waals surface area (Å²) in [6, 6.07) is 6.26. The third-order valence-electron chi connectivity index (χ3n) is 1.74. The first-order valence-corrected chi connectivity index (χ1v) is 3.75. The van der Waals surface area contributed by atoms with Crippen LogP contribution in [0.1, 0.15) is 11.7 Å². The summed E-state index contributed by atoms with van der Waals surface area (Å²) in [7, 11) is 1.51. The van der Waals surface area contributed by atoms with Crippen molar-refractivity contribution in [3.63, 3.8) is 0 Å². The van der Waals surface area contributed by atoms with Crippen molar-refractivity contribution in [1.82, 2.24) is 0 Å². The third kappa shape index (κ3) is 2.26. The lowest BCUT2D eigenvalue weighted by molar-refractivity contribution is -0.385. The van der Waals surface area contributed by atoms with E-state index >= 15 is 0 Å². The van der Waals surface area contributed by atoms with Gasteiger partial charge in [-0.1, -0.05) is 12.1 Å². The summed E-state index contributed by atoms with van der Waals surface area (Å²) in [5.41, 5.74) is 0.764. The molecule has 1 radical (unpaired) electrons. The Kier molecular flexibility index (Phi) is 2.97. The Labute approximate surface area is 76.3 Å². The maximum atomic E-state index is 10.4. The molecule has 1 atom stereocenters. The quantitative estimate of drug-likeness (QED) is 0.528. The van der Waals surface area contributed by atoms with Gasteiger partial charge in [-0.2, -0.15) is 0 Å². The molecule has 0 heterocycles. The molecule has 1 rings (SSSR count). The van der Waals surface area contributed by atoms with E-state index < -0.39 is 4.92 Å². The first-order valence-electron chi connectivity index (χ1n) is 3.75. The van der Waals surface area contributed by atoms with Gasteiger partial charge in [-0.15, -0.1) is 0 Å². The van der Waals surface area contributed by atoms with Gasteiger partial charge in [0.15, 0.2) is 0 Å². The molecule has 0 spiro atoms. The van der Waals surface area contributed by atoms with Crippen LogP contribution in [0.3, 0.4) is 0 Å². The van der Waals surface area contributed by atoms with Gasteiger partial charge in [-0.05, 0) is 12.5 Å². The van der Waals surface area contributed by atoms with Crippen LogP contribution >= 0.6 is 0 Å². The minimum atomic E-state index is -0.439. The average Bonchev–Trinajstić information content (AvgIpc) is 2.17. The van der Waals surface area contributed by atoms with E-state index in [0.717, 1.165) is 0 Å². The molecule has 0 fully saturated rings. The van der Waals surface area contributed by atoms with E-state index in [9.17, 15) is 10.1 Å². The van der Waals surface area contributed by atoms with Gasteiger partial charge in [0.05, 0.1) is 11.0 Å². The van der Waals surface area contributed by atoms with Crippen LogP contribution in [0.2, 0.25) is 0 Å². The Morgan fingerprint density at radius 3 is 2.85 bits per heavy atom. The topological polar surface area (TPSA) is 52.4 Å². The number of hydrogen-bond acceptors (Lipinski definition) is 3. The predicted molar refractivity (Wildman–Crippen MR) is 48.2 cm³/mol. The van der Waals surface area contributed by atoms with Crippen molar-refractivity contribution in [2.75, 3.05) is 7.11 Å². The lowest BCUT2D eigenvalue weighted by Crippen LogP contribution is -1.97. The Morgan fingerprint density at radius 2 is 2.31 bits per heavy atom. The Morgan fingerprint density at radius 1 is 1.62 bits per heavy atom. The molecule has 69 valence electrons. The zero-order valence-electron chi connectivity index (χ0n) is 7.27. The van der Waals surface area contributed by atoms with Crippen LogP contribution in [0.15, 0.2) is 24.3 Å². The molecule has 0 aliphatic rings. The predicted octanol–water partition coefficient (Wildman–Crippen LogP) is 2.12. The third-order valence-corrected chi connectivity index (χ3v) is 1.74. The molecule has 0 aromatic heterocycles. The van der Waals surface area contributed by atoms with E-state index in [1.807, 2.05) is 0 Å². The summed E-state index contributed by atoms with van der Waals surface area (Å²) in [4.78, 5) is 9.97. The molecule has 0 aliphatic carbocycles. The molecule has 4 nitrogen and oxygen atoms in total. The van der Waals surface area contributed by atoms with E-state index in [2.05, 4.69) is 6.92 Å².